The number of methoxy groups -OCH3 is 1. The van der Waals surface area contributed by atoms with Crippen molar-refractivity contribution in [2.24, 2.45) is 0 Å². The number of ether oxygens (including phenoxy) is 2. The standard InChI is InChI=1S/C15H25NO3/c1-4-6-13(17)11-16-10-12-7-8-14(18-3)15(9-12)19-5-2/h7-9,13,16-17H,4-6,10-11H2,1-3H3. The Kier molecular flexibility index (Phi) is 7.30. The fraction of sp³-hybridized carbons (Fsp3) is 0.600. The van der Waals surface area contributed by atoms with Crippen molar-refractivity contribution in [1.29, 1.82) is 0 Å². The van der Waals surface area contributed by atoms with Crippen LogP contribution in [0.15, 0.2) is 18.2 Å². The Balaban J connectivity index is 2.52. The summed E-state index contributed by atoms with van der Waals surface area (Å²) in [6.07, 6.45) is 1.56. The second-order valence-electron chi connectivity index (χ2n) is 4.49. The van der Waals surface area contributed by atoms with Gasteiger partial charge in [-0.3, -0.25) is 0 Å². The van der Waals surface area contributed by atoms with Gasteiger partial charge in [-0.2, -0.15) is 0 Å². The largest absolute Gasteiger partial charge is 0.493 e. The van der Waals surface area contributed by atoms with Crippen molar-refractivity contribution >= 4 is 0 Å². The van der Waals surface area contributed by atoms with Gasteiger partial charge in [-0.25, -0.2) is 0 Å². The lowest BCUT2D eigenvalue weighted by Crippen LogP contribution is -2.26. The summed E-state index contributed by atoms with van der Waals surface area (Å²) in [6.45, 7) is 5.96. The maximum atomic E-state index is 9.64. The third kappa shape index (κ3) is 5.49. The summed E-state index contributed by atoms with van der Waals surface area (Å²) in [5.74, 6) is 1.51. The van der Waals surface area contributed by atoms with Crippen LogP contribution in [0.5, 0.6) is 11.5 Å². The van der Waals surface area contributed by atoms with Gasteiger partial charge in [0.25, 0.3) is 0 Å². The minimum atomic E-state index is -0.269. The molecule has 0 aromatic heterocycles. The molecule has 1 aromatic rings. The molecule has 4 nitrogen and oxygen atoms in total. The number of aliphatic hydroxyl groups is 1. The second-order valence-corrected chi connectivity index (χ2v) is 4.49. The highest BCUT2D eigenvalue weighted by Gasteiger charge is 2.06. The van der Waals surface area contributed by atoms with Gasteiger partial charge >= 0.3 is 0 Å². The second kappa shape index (κ2) is 8.77. The minimum Gasteiger partial charge on any atom is -0.493 e. The van der Waals surface area contributed by atoms with Crippen LogP contribution in [0.4, 0.5) is 0 Å². The molecule has 0 aliphatic heterocycles. The smallest absolute Gasteiger partial charge is 0.161 e. The Hall–Kier alpha value is -1.26. The van der Waals surface area contributed by atoms with Gasteiger partial charge in [0.1, 0.15) is 0 Å². The van der Waals surface area contributed by atoms with Crippen LogP contribution in [0.1, 0.15) is 32.3 Å². The summed E-state index contributed by atoms with van der Waals surface area (Å²) in [5, 5.41) is 12.9. The van der Waals surface area contributed by atoms with Crippen molar-refractivity contribution in [3.8, 4) is 11.5 Å². The van der Waals surface area contributed by atoms with E-state index < -0.39 is 0 Å². The molecule has 0 aliphatic rings. The van der Waals surface area contributed by atoms with Crippen molar-refractivity contribution in [1.82, 2.24) is 5.32 Å². The Morgan fingerprint density at radius 2 is 2.05 bits per heavy atom. The molecule has 0 radical (unpaired) electrons. The summed E-state index contributed by atoms with van der Waals surface area (Å²) in [5.41, 5.74) is 1.12. The minimum absolute atomic E-state index is 0.269. The van der Waals surface area contributed by atoms with Gasteiger partial charge in [0.15, 0.2) is 11.5 Å². The van der Waals surface area contributed by atoms with E-state index >= 15 is 0 Å². The molecule has 0 spiro atoms. The maximum absolute atomic E-state index is 9.64. The van der Waals surface area contributed by atoms with Crippen molar-refractivity contribution in [2.45, 2.75) is 39.3 Å². The van der Waals surface area contributed by atoms with Gasteiger partial charge in [0, 0.05) is 13.1 Å². The zero-order valence-electron chi connectivity index (χ0n) is 12.1. The fourth-order valence-electron chi connectivity index (χ4n) is 1.92. The fourth-order valence-corrected chi connectivity index (χ4v) is 1.92. The van der Waals surface area contributed by atoms with Crippen LogP contribution in [-0.4, -0.2) is 31.5 Å². The van der Waals surface area contributed by atoms with Crippen LogP contribution < -0.4 is 14.8 Å². The molecule has 0 heterocycles. The van der Waals surface area contributed by atoms with E-state index in [2.05, 4.69) is 12.2 Å². The van der Waals surface area contributed by atoms with Crippen molar-refractivity contribution in [2.75, 3.05) is 20.3 Å². The topological polar surface area (TPSA) is 50.7 Å². The summed E-state index contributed by atoms with van der Waals surface area (Å²) in [6, 6.07) is 5.88. The number of aliphatic hydroxyl groups excluding tert-OH is 1. The zero-order valence-corrected chi connectivity index (χ0v) is 12.1. The Bertz CT molecular complexity index is 368. The predicted octanol–water partition coefficient (Wildman–Crippen LogP) is 2.34. The summed E-state index contributed by atoms with van der Waals surface area (Å²) in [7, 11) is 1.64. The van der Waals surface area contributed by atoms with Crippen molar-refractivity contribution in [3.05, 3.63) is 23.8 Å². The van der Waals surface area contributed by atoms with Gasteiger partial charge < -0.3 is 19.9 Å². The van der Waals surface area contributed by atoms with Gasteiger partial charge in [-0.05, 0) is 31.0 Å². The molecule has 0 aliphatic carbocycles. The number of benzene rings is 1. The molecule has 2 N–H and O–H groups in total. The van der Waals surface area contributed by atoms with E-state index in [-0.39, 0.29) is 6.10 Å². The number of hydrogen-bond acceptors (Lipinski definition) is 4. The van der Waals surface area contributed by atoms with Gasteiger partial charge in [-0.1, -0.05) is 19.4 Å². The van der Waals surface area contributed by atoms with Crippen molar-refractivity contribution in [3.63, 3.8) is 0 Å². The molecule has 4 heteroatoms. The molecule has 0 fully saturated rings. The normalized spacial score (nSPS) is 12.2. The molecule has 0 saturated heterocycles. The molecule has 1 rings (SSSR count). The Labute approximate surface area is 115 Å². The molecule has 0 bridgehead atoms. The predicted molar refractivity (Wildman–Crippen MR) is 76.8 cm³/mol. The number of hydrogen-bond donors (Lipinski definition) is 2. The lowest BCUT2D eigenvalue weighted by molar-refractivity contribution is 0.160. The highest BCUT2D eigenvalue weighted by Crippen LogP contribution is 2.27. The zero-order chi connectivity index (χ0) is 14.1. The SMILES string of the molecule is CCCC(O)CNCc1ccc(OC)c(OCC)c1. The molecule has 0 amide bonds. The Morgan fingerprint density at radius 1 is 1.26 bits per heavy atom. The third-order valence-corrected chi connectivity index (χ3v) is 2.86. The van der Waals surface area contributed by atoms with E-state index in [4.69, 9.17) is 9.47 Å². The molecular formula is C15H25NO3. The monoisotopic (exact) mass is 267 g/mol. The molecule has 1 atom stereocenters. The van der Waals surface area contributed by atoms with Gasteiger partial charge in [-0.15, -0.1) is 0 Å². The number of nitrogens with one attached hydrogen (secondary N) is 1. The van der Waals surface area contributed by atoms with E-state index in [1.807, 2.05) is 25.1 Å². The van der Waals surface area contributed by atoms with E-state index in [1.54, 1.807) is 7.11 Å². The van der Waals surface area contributed by atoms with Crippen LogP contribution in [0, 0.1) is 0 Å². The first-order chi connectivity index (χ1) is 9.21. The van der Waals surface area contributed by atoms with E-state index in [0.717, 1.165) is 29.9 Å². The van der Waals surface area contributed by atoms with Gasteiger partial charge in [0.2, 0.25) is 0 Å². The average Bonchev–Trinajstić information content (AvgIpc) is 2.40. The Morgan fingerprint density at radius 3 is 2.68 bits per heavy atom. The first kappa shape index (κ1) is 15.8. The highest BCUT2D eigenvalue weighted by atomic mass is 16.5. The van der Waals surface area contributed by atoms with Crippen LogP contribution in [-0.2, 0) is 6.54 Å². The first-order valence-electron chi connectivity index (χ1n) is 6.89. The molecule has 0 saturated carbocycles. The molecule has 1 unspecified atom stereocenters. The van der Waals surface area contributed by atoms with Crippen LogP contribution in [0.2, 0.25) is 0 Å². The van der Waals surface area contributed by atoms with Crippen LogP contribution >= 0.6 is 0 Å². The maximum Gasteiger partial charge on any atom is 0.161 e. The quantitative estimate of drug-likeness (QED) is 0.721. The van der Waals surface area contributed by atoms with E-state index in [9.17, 15) is 5.11 Å². The lowest BCUT2D eigenvalue weighted by atomic mass is 10.2. The molecule has 1 aromatic carbocycles. The van der Waals surface area contributed by atoms with Crippen LogP contribution in [0.3, 0.4) is 0 Å². The molecular weight excluding hydrogens is 242 g/mol. The molecule has 19 heavy (non-hydrogen) atoms. The summed E-state index contributed by atoms with van der Waals surface area (Å²) in [4.78, 5) is 0. The third-order valence-electron chi connectivity index (χ3n) is 2.86. The average molecular weight is 267 g/mol. The number of rotatable bonds is 9. The van der Waals surface area contributed by atoms with E-state index in [0.29, 0.717) is 19.7 Å². The van der Waals surface area contributed by atoms with Crippen molar-refractivity contribution < 1.29 is 14.6 Å². The summed E-state index contributed by atoms with van der Waals surface area (Å²) >= 11 is 0. The summed E-state index contributed by atoms with van der Waals surface area (Å²) < 4.78 is 10.8. The first-order valence-corrected chi connectivity index (χ1v) is 6.89. The molecule has 108 valence electrons. The van der Waals surface area contributed by atoms with Gasteiger partial charge in [0.05, 0.1) is 19.8 Å². The van der Waals surface area contributed by atoms with E-state index in [1.165, 1.54) is 0 Å². The highest BCUT2D eigenvalue weighted by molar-refractivity contribution is 5.42. The van der Waals surface area contributed by atoms with Crippen LogP contribution in [0.25, 0.3) is 0 Å². The lowest BCUT2D eigenvalue weighted by Gasteiger charge is -2.13.